The highest BCUT2D eigenvalue weighted by Crippen LogP contribution is 2.17. The summed E-state index contributed by atoms with van der Waals surface area (Å²) < 4.78 is 2.26. The van der Waals surface area contributed by atoms with Gasteiger partial charge in [0.05, 0.1) is 0 Å². The lowest BCUT2D eigenvalue weighted by Crippen LogP contribution is -2.18. The Morgan fingerprint density at radius 3 is 3.07 bits per heavy atom. The molecule has 0 fully saturated rings. The van der Waals surface area contributed by atoms with Gasteiger partial charge in [0, 0.05) is 19.4 Å². The van der Waals surface area contributed by atoms with E-state index < -0.39 is 0 Å². The fourth-order valence-electron chi connectivity index (χ4n) is 2.01. The number of aromatic nitrogens is 3. The first kappa shape index (κ1) is 9.65. The van der Waals surface area contributed by atoms with Crippen molar-refractivity contribution >= 4 is 0 Å². The van der Waals surface area contributed by atoms with Crippen molar-refractivity contribution in [3.05, 3.63) is 11.6 Å². The van der Waals surface area contributed by atoms with Crippen molar-refractivity contribution < 1.29 is 0 Å². The molecule has 1 unspecified atom stereocenters. The molecule has 2 rings (SSSR count). The molecular weight excluding hydrogens is 176 g/mol. The van der Waals surface area contributed by atoms with Gasteiger partial charge >= 0.3 is 0 Å². The van der Waals surface area contributed by atoms with E-state index in [9.17, 15) is 0 Å². The number of hydrogen-bond donors (Lipinski definition) is 1. The van der Waals surface area contributed by atoms with Crippen LogP contribution in [0.5, 0.6) is 0 Å². The van der Waals surface area contributed by atoms with Crippen LogP contribution in [0.2, 0.25) is 0 Å². The third-order valence-electron chi connectivity index (χ3n) is 3.07. The predicted molar refractivity (Wildman–Crippen MR) is 54.9 cm³/mol. The number of nitrogens with two attached hydrogens (primary N) is 1. The van der Waals surface area contributed by atoms with Crippen molar-refractivity contribution in [1.29, 1.82) is 0 Å². The summed E-state index contributed by atoms with van der Waals surface area (Å²) in [4.78, 5) is 0. The molecule has 2 N–H and O–H groups in total. The Labute approximate surface area is 84.5 Å². The van der Waals surface area contributed by atoms with Gasteiger partial charge in [0.1, 0.15) is 11.6 Å². The van der Waals surface area contributed by atoms with Crippen molar-refractivity contribution in [3.8, 4) is 0 Å². The Bertz CT molecular complexity index is 301. The highest BCUT2D eigenvalue weighted by Gasteiger charge is 2.18. The van der Waals surface area contributed by atoms with Gasteiger partial charge in [-0.2, -0.15) is 0 Å². The van der Waals surface area contributed by atoms with E-state index in [0.29, 0.717) is 5.92 Å². The van der Waals surface area contributed by atoms with Crippen LogP contribution in [0, 0.1) is 5.92 Å². The van der Waals surface area contributed by atoms with Gasteiger partial charge in [-0.15, -0.1) is 10.2 Å². The summed E-state index contributed by atoms with van der Waals surface area (Å²) in [5, 5.41) is 8.42. The Morgan fingerprint density at radius 1 is 1.50 bits per heavy atom. The average molecular weight is 194 g/mol. The van der Waals surface area contributed by atoms with Gasteiger partial charge in [-0.3, -0.25) is 0 Å². The van der Waals surface area contributed by atoms with Crippen LogP contribution in [0.4, 0.5) is 0 Å². The smallest absolute Gasteiger partial charge is 0.133 e. The lowest BCUT2D eigenvalue weighted by atomic mass is 10.0. The Morgan fingerprint density at radius 2 is 2.36 bits per heavy atom. The largest absolute Gasteiger partial charge is 0.330 e. The lowest BCUT2D eigenvalue weighted by Gasteiger charge is -2.11. The SMILES string of the molecule is CCC(CN)Cc1nnc2n1CCC2. The van der Waals surface area contributed by atoms with Crippen LogP contribution in [-0.2, 0) is 19.4 Å². The molecule has 1 aromatic heterocycles. The van der Waals surface area contributed by atoms with Crippen molar-refractivity contribution in [2.24, 2.45) is 11.7 Å². The molecule has 0 aromatic carbocycles. The van der Waals surface area contributed by atoms with E-state index in [1.165, 1.54) is 6.42 Å². The minimum absolute atomic E-state index is 0.559. The lowest BCUT2D eigenvalue weighted by molar-refractivity contribution is 0.491. The minimum atomic E-state index is 0.559. The van der Waals surface area contributed by atoms with Gasteiger partial charge in [0.15, 0.2) is 0 Å². The van der Waals surface area contributed by atoms with Crippen LogP contribution >= 0.6 is 0 Å². The molecule has 0 amide bonds. The molecule has 0 saturated carbocycles. The summed E-state index contributed by atoms with van der Waals surface area (Å²) in [7, 11) is 0. The summed E-state index contributed by atoms with van der Waals surface area (Å²) in [6, 6.07) is 0. The van der Waals surface area contributed by atoms with Crippen molar-refractivity contribution in [2.45, 2.75) is 39.2 Å². The molecule has 1 aromatic rings. The maximum absolute atomic E-state index is 5.69. The van der Waals surface area contributed by atoms with Gasteiger partial charge in [0.25, 0.3) is 0 Å². The highest BCUT2D eigenvalue weighted by molar-refractivity contribution is 5.01. The molecule has 78 valence electrons. The van der Waals surface area contributed by atoms with Gasteiger partial charge in [-0.1, -0.05) is 13.3 Å². The molecule has 0 aliphatic carbocycles. The molecule has 1 aliphatic rings. The van der Waals surface area contributed by atoms with Gasteiger partial charge < -0.3 is 10.3 Å². The van der Waals surface area contributed by atoms with Gasteiger partial charge in [-0.05, 0) is 18.9 Å². The molecular formula is C10H18N4. The second kappa shape index (κ2) is 4.09. The van der Waals surface area contributed by atoms with E-state index >= 15 is 0 Å². The van der Waals surface area contributed by atoms with Crippen molar-refractivity contribution in [3.63, 3.8) is 0 Å². The van der Waals surface area contributed by atoms with Crippen LogP contribution < -0.4 is 5.73 Å². The number of hydrogen-bond acceptors (Lipinski definition) is 3. The van der Waals surface area contributed by atoms with E-state index in [-0.39, 0.29) is 0 Å². The number of fused-ring (bicyclic) bond motifs is 1. The summed E-state index contributed by atoms with van der Waals surface area (Å²) in [5.74, 6) is 2.85. The molecule has 0 saturated heterocycles. The first-order valence-corrected chi connectivity index (χ1v) is 5.46. The molecule has 4 heteroatoms. The Hall–Kier alpha value is -0.900. The summed E-state index contributed by atoms with van der Waals surface area (Å²) in [6.07, 6.45) is 4.42. The fraction of sp³-hybridized carbons (Fsp3) is 0.800. The first-order chi connectivity index (χ1) is 6.85. The molecule has 2 heterocycles. The van der Waals surface area contributed by atoms with Crippen LogP contribution in [0.25, 0.3) is 0 Å². The number of aryl methyl sites for hydroxylation is 1. The second-order valence-corrected chi connectivity index (χ2v) is 4.00. The zero-order valence-corrected chi connectivity index (χ0v) is 8.74. The normalized spacial score (nSPS) is 17.0. The number of rotatable bonds is 4. The van der Waals surface area contributed by atoms with Crippen molar-refractivity contribution in [1.82, 2.24) is 14.8 Å². The minimum Gasteiger partial charge on any atom is -0.330 e. The second-order valence-electron chi connectivity index (χ2n) is 4.00. The molecule has 4 nitrogen and oxygen atoms in total. The van der Waals surface area contributed by atoms with E-state index in [2.05, 4.69) is 21.7 Å². The predicted octanol–water partition coefficient (Wildman–Crippen LogP) is 0.752. The van der Waals surface area contributed by atoms with Crippen LogP contribution in [0.15, 0.2) is 0 Å². The number of nitrogens with zero attached hydrogens (tertiary/aromatic N) is 3. The zero-order chi connectivity index (χ0) is 9.97. The fourth-order valence-corrected chi connectivity index (χ4v) is 2.01. The summed E-state index contributed by atoms with van der Waals surface area (Å²) in [5.41, 5.74) is 5.69. The van der Waals surface area contributed by atoms with Crippen molar-refractivity contribution in [2.75, 3.05) is 6.54 Å². The van der Waals surface area contributed by atoms with Gasteiger partial charge in [0.2, 0.25) is 0 Å². The monoisotopic (exact) mass is 194 g/mol. The van der Waals surface area contributed by atoms with Crippen LogP contribution in [-0.4, -0.2) is 21.3 Å². The molecule has 0 radical (unpaired) electrons. The summed E-state index contributed by atoms with van der Waals surface area (Å²) in [6.45, 7) is 4.02. The standard InChI is InChI=1S/C10H18N4/c1-2-8(7-11)6-10-13-12-9-4-3-5-14(9)10/h8H,2-7,11H2,1H3. The molecule has 0 bridgehead atoms. The van der Waals surface area contributed by atoms with E-state index in [0.717, 1.165) is 44.0 Å². The van der Waals surface area contributed by atoms with E-state index in [1.54, 1.807) is 0 Å². The maximum Gasteiger partial charge on any atom is 0.133 e. The van der Waals surface area contributed by atoms with E-state index in [4.69, 9.17) is 5.73 Å². The highest BCUT2D eigenvalue weighted by atomic mass is 15.3. The third kappa shape index (κ3) is 1.66. The molecule has 1 atom stereocenters. The molecule has 14 heavy (non-hydrogen) atoms. The Kier molecular flexibility index (Phi) is 2.82. The molecule has 1 aliphatic heterocycles. The quantitative estimate of drug-likeness (QED) is 0.769. The summed E-state index contributed by atoms with van der Waals surface area (Å²) >= 11 is 0. The van der Waals surface area contributed by atoms with E-state index in [1.807, 2.05) is 0 Å². The third-order valence-corrected chi connectivity index (χ3v) is 3.07. The maximum atomic E-state index is 5.69. The average Bonchev–Trinajstić information content (AvgIpc) is 2.77. The molecule has 0 spiro atoms. The zero-order valence-electron chi connectivity index (χ0n) is 8.74. The van der Waals surface area contributed by atoms with Crippen LogP contribution in [0.3, 0.4) is 0 Å². The first-order valence-electron chi connectivity index (χ1n) is 5.46. The Balaban J connectivity index is 2.09. The van der Waals surface area contributed by atoms with Gasteiger partial charge in [-0.25, -0.2) is 0 Å². The van der Waals surface area contributed by atoms with Crippen LogP contribution in [0.1, 0.15) is 31.4 Å². The topological polar surface area (TPSA) is 56.7 Å².